The molecule has 638 valence electrons. The van der Waals surface area contributed by atoms with E-state index in [2.05, 4.69) is 432 Å². The summed E-state index contributed by atoms with van der Waals surface area (Å²) in [6, 6.07) is 91.6. The predicted octanol–water partition coefficient (Wildman–Crippen LogP) is 26.6. The number of aromatic nitrogens is 1. The lowest BCUT2D eigenvalue weighted by Crippen LogP contribution is -2.41. The largest absolute Gasteiger partial charge is 0.494 e. The van der Waals surface area contributed by atoms with Gasteiger partial charge in [0.1, 0.15) is 0 Å². The number of hydrogen-bond acceptors (Lipinski definition) is 10. The lowest BCUT2D eigenvalue weighted by Gasteiger charge is -2.33. The van der Waals surface area contributed by atoms with Gasteiger partial charge >= 0.3 is 28.5 Å². The van der Waals surface area contributed by atoms with Gasteiger partial charge in [-0.1, -0.05) is 198 Å². The molecule has 0 N–H and O–H groups in total. The first-order valence-electron chi connectivity index (χ1n) is 44.6. The fourth-order valence-corrected chi connectivity index (χ4v) is 18.0. The van der Waals surface area contributed by atoms with Gasteiger partial charge < -0.3 is 51.6 Å². The standard InChI is InChI=1S/C36H49B2NO4.C36H24Br2N2.C35H48B2O4/c1-10-11-12-13-14-27-15-21-30(22-16-27)39(31-23-17-28(18-24-31)37-40-33(2,3)34(4,5)41-37)32-25-19-29(20-26-32)38-42-35(6,7)36(8,9)43-38;37-27-13-19-31(20-14-27)39(32-21-15-28(38)16-22-32)30-17-10-25(11-18-30)26-12-23-36-34(24-26)33-8-4-5-9-35(33)40(36)29-6-2-1-3-7-29;1-11-13-15-21-35(22-16-14-12-2)29-23-25(36-38-31(3,4)32(5,6)39-36)17-19-27(29)28-20-18-26(24-30(28)35)37-40-33(7,8)34(9,10)41-37/h15-26H,10-14H2,1-9H3;1-24H;11-12,17-20,23-24H,1-2,13-16,21-22H2,3-10H3. The summed E-state index contributed by atoms with van der Waals surface area (Å²) in [6.45, 7) is 43.9. The summed E-state index contributed by atoms with van der Waals surface area (Å²) in [6.07, 6.45) is 16.5. The summed E-state index contributed by atoms with van der Waals surface area (Å²) in [5.41, 5.74) is 20.3. The second-order valence-corrected chi connectivity index (χ2v) is 40.0. The fraction of sp³-hybridized carbons (Fsp3) is 0.346. The van der Waals surface area contributed by atoms with E-state index >= 15 is 0 Å². The zero-order valence-electron chi connectivity index (χ0n) is 75.8. The minimum atomic E-state index is -0.395. The molecule has 1 aromatic heterocycles. The van der Waals surface area contributed by atoms with Gasteiger partial charge in [0.25, 0.3) is 0 Å². The average Bonchev–Trinajstić information content (AvgIpc) is 1.56. The van der Waals surface area contributed by atoms with Crippen LogP contribution in [-0.2, 0) is 49.1 Å². The molecule has 4 saturated heterocycles. The van der Waals surface area contributed by atoms with Crippen molar-refractivity contribution in [3.05, 3.63) is 306 Å². The number of anilines is 6. The number of para-hydroxylation sites is 2. The van der Waals surface area contributed by atoms with Crippen LogP contribution in [-0.4, -0.2) is 77.8 Å². The summed E-state index contributed by atoms with van der Waals surface area (Å²) in [7, 11) is -1.57. The molecule has 5 aliphatic rings. The maximum absolute atomic E-state index is 6.50. The summed E-state index contributed by atoms with van der Waals surface area (Å²) in [5.74, 6) is 0. The maximum atomic E-state index is 6.50. The second kappa shape index (κ2) is 36.1. The average molecular weight is 1780 g/mol. The van der Waals surface area contributed by atoms with Crippen LogP contribution in [0.5, 0.6) is 0 Å². The van der Waals surface area contributed by atoms with Gasteiger partial charge in [-0.05, 0) is 350 Å². The van der Waals surface area contributed by atoms with Crippen molar-refractivity contribution >= 4 is 138 Å². The molecule has 0 atom stereocenters. The highest BCUT2D eigenvalue weighted by atomic mass is 79.9. The Balaban J connectivity index is 0.000000144. The third kappa shape index (κ3) is 18.3. The van der Waals surface area contributed by atoms with Crippen LogP contribution in [0.4, 0.5) is 34.1 Å². The molecule has 0 unspecified atom stereocenters. The number of hydrogen-bond donors (Lipinski definition) is 0. The van der Waals surface area contributed by atoms with Gasteiger partial charge in [0.05, 0.1) is 55.8 Å². The molecule has 0 spiro atoms. The monoisotopic (exact) mass is 1780 g/mol. The smallest absolute Gasteiger partial charge is 0.399 e. The summed E-state index contributed by atoms with van der Waals surface area (Å²) >= 11 is 7.15. The molecule has 11 nitrogen and oxygen atoms in total. The lowest BCUT2D eigenvalue weighted by molar-refractivity contribution is 0.00578. The number of halogens is 2. The van der Waals surface area contributed by atoms with Crippen molar-refractivity contribution in [2.75, 3.05) is 9.80 Å². The van der Waals surface area contributed by atoms with Crippen molar-refractivity contribution in [3.63, 3.8) is 0 Å². The Labute approximate surface area is 756 Å². The van der Waals surface area contributed by atoms with Crippen LogP contribution in [0.2, 0.25) is 0 Å². The molecule has 4 fully saturated rings. The number of rotatable bonds is 25. The Kier molecular flexibility index (Phi) is 26.2. The third-order valence-corrected chi connectivity index (χ3v) is 28.7. The quantitative estimate of drug-likeness (QED) is 0.0313. The topological polar surface area (TPSA) is 85.3 Å². The van der Waals surface area contributed by atoms with E-state index in [1.54, 1.807) is 0 Å². The molecule has 12 aromatic rings. The molecule has 11 aromatic carbocycles. The van der Waals surface area contributed by atoms with Crippen LogP contribution in [0, 0.1) is 0 Å². The summed E-state index contributed by atoms with van der Waals surface area (Å²) in [5, 5.41) is 2.52. The first kappa shape index (κ1) is 90.0. The Hall–Kier alpha value is -8.80. The van der Waals surface area contributed by atoms with Crippen molar-refractivity contribution in [3.8, 4) is 27.9 Å². The summed E-state index contributed by atoms with van der Waals surface area (Å²) in [4.78, 5) is 4.57. The molecule has 4 aliphatic heterocycles. The minimum absolute atomic E-state index is 0.143. The van der Waals surface area contributed by atoms with Gasteiger partial charge in [0.15, 0.2) is 0 Å². The van der Waals surface area contributed by atoms with Crippen LogP contribution in [0.25, 0.3) is 49.7 Å². The van der Waals surface area contributed by atoms with E-state index in [0.29, 0.717) is 0 Å². The first-order chi connectivity index (χ1) is 59.1. The molecule has 0 radical (unpaired) electrons. The van der Waals surface area contributed by atoms with Gasteiger partial charge in [-0.2, -0.15) is 0 Å². The van der Waals surface area contributed by atoms with Crippen LogP contribution in [0.3, 0.4) is 0 Å². The molecule has 0 saturated carbocycles. The predicted molar refractivity (Wildman–Crippen MR) is 529 cm³/mol. The van der Waals surface area contributed by atoms with E-state index in [4.69, 9.17) is 37.2 Å². The SMILES string of the molecule is Brc1ccc(N(c2ccc(Br)cc2)c2ccc(-c3ccc4c(c3)c3ccccc3n4-c3ccccc3)cc2)cc1.C=CCCCC1(CCCC=C)c2cc(B3OC(C)(C)C(C)(C)O3)ccc2-c2ccc(B3OC(C)(C)C(C)(C)O3)cc21.CCCCCCc1ccc(N(c2ccc(B3OC(C)(C)C(C)(C)O3)cc2)c2ccc(B3OC(C)(C)C(C)(C)O3)cc2)cc1. The van der Waals surface area contributed by atoms with E-state index < -0.39 is 28.5 Å². The molecule has 1 aliphatic carbocycles. The highest BCUT2D eigenvalue weighted by Gasteiger charge is 2.56. The van der Waals surface area contributed by atoms with E-state index in [1.165, 1.54) is 92.1 Å². The number of allylic oxidation sites excluding steroid dienone is 2. The Bertz CT molecular complexity index is 5470. The summed E-state index contributed by atoms with van der Waals surface area (Å²) < 4.78 is 55.7. The lowest BCUT2D eigenvalue weighted by atomic mass is 9.67. The molecular formula is C107H121B4Br2N3O8. The van der Waals surface area contributed by atoms with Crippen LogP contribution in [0.15, 0.2) is 289 Å². The van der Waals surface area contributed by atoms with Gasteiger partial charge in [0.2, 0.25) is 0 Å². The zero-order chi connectivity index (χ0) is 87.9. The molecule has 17 rings (SSSR count). The van der Waals surface area contributed by atoms with E-state index in [0.717, 1.165) is 110 Å². The van der Waals surface area contributed by atoms with E-state index in [9.17, 15) is 0 Å². The highest BCUT2D eigenvalue weighted by molar-refractivity contribution is 9.10. The Morgan fingerprint density at radius 3 is 1.06 bits per heavy atom. The highest BCUT2D eigenvalue weighted by Crippen LogP contribution is 2.55. The van der Waals surface area contributed by atoms with Crippen molar-refractivity contribution in [1.82, 2.24) is 4.57 Å². The van der Waals surface area contributed by atoms with Gasteiger partial charge in [-0.3, -0.25) is 0 Å². The molecular weight excluding hydrogens is 1660 g/mol. The van der Waals surface area contributed by atoms with Crippen LogP contribution < -0.4 is 31.7 Å². The molecule has 0 bridgehead atoms. The number of benzene rings is 11. The van der Waals surface area contributed by atoms with Crippen LogP contribution in [0.1, 0.15) is 199 Å². The Morgan fingerprint density at radius 1 is 0.331 bits per heavy atom. The number of unbranched alkanes of at least 4 members (excludes halogenated alkanes) is 5. The normalized spacial score (nSPS) is 18.0. The molecule has 124 heavy (non-hydrogen) atoms. The zero-order valence-corrected chi connectivity index (χ0v) is 78.9. The fourth-order valence-electron chi connectivity index (χ4n) is 17.5. The van der Waals surface area contributed by atoms with Crippen molar-refractivity contribution < 1.29 is 37.2 Å². The van der Waals surface area contributed by atoms with Gasteiger partial charge in [-0.25, -0.2) is 0 Å². The minimum Gasteiger partial charge on any atom is -0.399 e. The first-order valence-corrected chi connectivity index (χ1v) is 46.2. The van der Waals surface area contributed by atoms with E-state index in [-0.39, 0.29) is 50.2 Å². The molecule has 0 amide bonds. The number of aryl methyl sites for hydroxylation is 1. The van der Waals surface area contributed by atoms with Gasteiger partial charge in [-0.15, -0.1) is 13.2 Å². The van der Waals surface area contributed by atoms with Crippen molar-refractivity contribution in [1.29, 1.82) is 0 Å². The number of nitrogens with zero attached hydrogens (tertiary/aromatic N) is 3. The van der Waals surface area contributed by atoms with Crippen molar-refractivity contribution in [2.24, 2.45) is 0 Å². The maximum Gasteiger partial charge on any atom is 0.494 e. The number of fused-ring (bicyclic) bond motifs is 6. The third-order valence-electron chi connectivity index (χ3n) is 27.7. The van der Waals surface area contributed by atoms with Crippen molar-refractivity contribution in [2.45, 2.75) is 239 Å². The van der Waals surface area contributed by atoms with E-state index in [1.807, 2.05) is 12.2 Å². The second-order valence-electron chi connectivity index (χ2n) is 38.2. The van der Waals surface area contributed by atoms with Gasteiger partial charge in [0, 0.05) is 64.9 Å². The van der Waals surface area contributed by atoms with Crippen LogP contribution >= 0.6 is 31.9 Å². The Morgan fingerprint density at radius 2 is 0.669 bits per heavy atom. The molecule has 5 heterocycles. The molecule has 17 heteroatoms.